The highest BCUT2D eigenvalue weighted by Gasteiger charge is 2.38. The normalized spacial score (nSPS) is 17.3. The summed E-state index contributed by atoms with van der Waals surface area (Å²) in [7, 11) is 0. The van der Waals surface area contributed by atoms with Crippen LogP contribution in [0.15, 0.2) is 48.5 Å². The molecule has 2 aliphatic carbocycles. The number of carbonyl (C=O) groups excluding carboxylic acids is 2. The van der Waals surface area contributed by atoms with Gasteiger partial charge in [0.1, 0.15) is 12.6 Å². The minimum Gasteiger partial charge on any atom is -0.479 e. The van der Waals surface area contributed by atoms with E-state index in [4.69, 9.17) is 4.74 Å². The van der Waals surface area contributed by atoms with Crippen molar-refractivity contribution >= 4 is 18.0 Å². The topological polar surface area (TPSA) is 125 Å². The van der Waals surface area contributed by atoms with Crippen LogP contribution in [0.4, 0.5) is 4.79 Å². The third-order valence-electron chi connectivity index (χ3n) is 6.41. The molecule has 0 bridgehead atoms. The molecule has 1 unspecified atom stereocenters. The molecule has 8 heteroatoms. The van der Waals surface area contributed by atoms with Crippen molar-refractivity contribution < 1.29 is 29.3 Å². The fourth-order valence-corrected chi connectivity index (χ4v) is 4.22. The second-order valence-corrected chi connectivity index (χ2v) is 8.99. The smallest absolute Gasteiger partial charge is 0.407 e. The highest BCUT2D eigenvalue weighted by atomic mass is 16.5. The van der Waals surface area contributed by atoms with Crippen molar-refractivity contribution in [2.45, 2.75) is 43.7 Å². The van der Waals surface area contributed by atoms with E-state index in [-0.39, 0.29) is 12.5 Å². The first-order chi connectivity index (χ1) is 15.8. The van der Waals surface area contributed by atoms with Gasteiger partial charge in [0.2, 0.25) is 5.91 Å². The number of ether oxygens (including phenoxy) is 1. The van der Waals surface area contributed by atoms with E-state index in [1.165, 1.54) is 6.92 Å². The van der Waals surface area contributed by atoms with E-state index >= 15 is 0 Å². The maximum absolute atomic E-state index is 12.8. The number of carboxylic acid groups (broad SMARTS) is 1. The Morgan fingerprint density at radius 3 is 2.15 bits per heavy atom. The fraction of sp³-hybridized carbons (Fsp3) is 0.400. The molecule has 2 aromatic carbocycles. The van der Waals surface area contributed by atoms with Gasteiger partial charge >= 0.3 is 12.1 Å². The highest BCUT2D eigenvalue weighted by Crippen LogP contribution is 2.44. The van der Waals surface area contributed by atoms with Crippen LogP contribution in [0, 0.1) is 5.92 Å². The zero-order chi connectivity index (χ0) is 23.6. The maximum Gasteiger partial charge on any atom is 0.407 e. The van der Waals surface area contributed by atoms with E-state index in [1.807, 2.05) is 48.5 Å². The molecule has 1 saturated carbocycles. The molecule has 174 valence electrons. The summed E-state index contributed by atoms with van der Waals surface area (Å²) in [5.41, 5.74) is 2.56. The van der Waals surface area contributed by atoms with Gasteiger partial charge in [0.15, 0.2) is 5.54 Å². The number of aliphatic carboxylic acids is 1. The first-order valence-corrected chi connectivity index (χ1v) is 11.1. The Kier molecular flexibility index (Phi) is 6.37. The molecule has 4 N–H and O–H groups in total. The fourth-order valence-electron chi connectivity index (χ4n) is 4.22. The third-order valence-corrected chi connectivity index (χ3v) is 6.41. The lowest BCUT2D eigenvalue weighted by atomic mass is 9.98. The highest BCUT2D eigenvalue weighted by molar-refractivity contribution is 5.91. The van der Waals surface area contributed by atoms with Crippen molar-refractivity contribution in [3.05, 3.63) is 59.7 Å². The molecule has 2 amide bonds. The van der Waals surface area contributed by atoms with Crippen LogP contribution in [0.1, 0.15) is 43.2 Å². The Bertz CT molecular complexity index is 1020. The molecule has 2 aliphatic rings. The number of carboxylic acids is 1. The van der Waals surface area contributed by atoms with Crippen LogP contribution >= 0.6 is 0 Å². The van der Waals surface area contributed by atoms with Crippen molar-refractivity contribution in [3.63, 3.8) is 0 Å². The quantitative estimate of drug-likeness (QED) is 0.464. The first-order valence-electron chi connectivity index (χ1n) is 11.1. The molecule has 0 heterocycles. The number of fused-ring (bicyclic) bond motifs is 3. The van der Waals surface area contributed by atoms with Gasteiger partial charge < -0.3 is 25.6 Å². The molecule has 0 aromatic heterocycles. The molecule has 0 radical (unpaired) electrons. The monoisotopic (exact) mass is 452 g/mol. The number of alkyl carbamates (subject to hydrolysis) is 1. The molecule has 2 atom stereocenters. The van der Waals surface area contributed by atoms with Gasteiger partial charge in [-0.15, -0.1) is 0 Å². The summed E-state index contributed by atoms with van der Waals surface area (Å²) in [6.45, 7) is 0.561. The molecule has 8 nitrogen and oxygen atoms in total. The number of rotatable bonds is 9. The maximum atomic E-state index is 12.8. The van der Waals surface area contributed by atoms with Gasteiger partial charge in [-0.05, 0) is 41.5 Å². The predicted molar refractivity (Wildman–Crippen MR) is 121 cm³/mol. The Morgan fingerprint density at radius 2 is 1.64 bits per heavy atom. The van der Waals surface area contributed by atoms with Gasteiger partial charge in [-0.25, -0.2) is 9.59 Å². The van der Waals surface area contributed by atoms with Crippen LogP contribution in [0.3, 0.4) is 0 Å². The second-order valence-electron chi connectivity index (χ2n) is 8.99. The lowest BCUT2D eigenvalue weighted by molar-refractivity contribution is -0.149. The van der Waals surface area contributed by atoms with Crippen LogP contribution in [0.2, 0.25) is 0 Å². The van der Waals surface area contributed by atoms with Crippen LogP contribution in [0.25, 0.3) is 11.1 Å². The van der Waals surface area contributed by atoms with Gasteiger partial charge in [-0.1, -0.05) is 61.4 Å². The van der Waals surface area contributed by atoms with E-state index in [1.54, 1.807) is 0 Å². The number of nitrogens with one attached hydrogen (secondary N) is 2. The van der Waals surface area contributed by atoms with E-state index in [0.29, 0.717) is 12.3 Å². The number of carbonyl (C=O) groups is 3. The summed E-state index contributed by atoms with van der Waals surface area (Å²) in [5, 5.41) is 23.7. The summed E-state index contributed by atoms with van der Waals surface area (Å²) in [4.78, 5) is 36.8. The number of amides is 2. The number of hydrogen-bond acceptors (Lipinski definition) is 5. The Hall–Kier alpha value is -3.39. The van der Waals surface area contributed by atoms with E-state index < -0.39 is 36.2 Å². The average molecular weight is 453 g/mol. The SMILES string of the molecule is CC(CO)(NC(=O)[C@H](CC1CC1)NC(=O)OCC1c2ccccc2-c2ccccc21)C(=O)O. The van der Waals surface area contributed by atoms with Crippen molar-refractivity contribution in [1.29, 1.82) is 0 Å². The average Bonchev–Trinajstić information content (AvgIpc) is 3.57. The van der Waals surface area contributed by atoms with Crippen LogP contribution in [0.5, 0.6) is 0 Å². The van der Waals surface area contributed by atoms with Crippen molar-refractivity contribution in [2.75, 3.05) is 13.2 Å². The summed E-state index contributed by atoms with van der Waals surface area (Å²) >= 11 is 0. The van der Waals surface area contributed by atoms with Crippen molar-refractivity contribution in [2.24, 2.45) is 5.92 Å². The van der Waals surface area contributed by atoms with Crippen LogP contribution < -0.4 is 10.6 Å². The largest absolute Gasteiger partial charge is 0.479 e. The van der Waals surface area contributed by atoms with Crippen molar-refractivity contribution in [3.8, 4) is 11.1 Å². The van der Waals surface area contributed by atoms with E-state index in [2.05, 4.69) is 10.6 Å². The number of hydrogen-bond donors (Lipinski definition) is 4. The predicted octanol–water partition coefficient (Wildman–Crippen LogP) is 2.65. The lowest BCUT2D eigenvalue weighted by Crippen LogP contribution is -2.59. The number of benzene rings is 2. The first kappa shape index (κ1) is 22.8. The molecule has 1 fully saturated rings. The molecule has 0 spiro atoms. The van der Waals surface area contributed by atoms with Gasteiger partial charge in [-0.3, -0.25) is 4.79 Å². The van der Waals surface area contributed by atoms with Crippen LogP contribution in [-0.4, -0.2) is 53.0 Å². The molecule has 0 saturated heterocycles. The van der Waals surface area contributed by atoms with Gasteiger partial charge in [0.05, 0.1) is 6.61 Å². The Morgan fingerprint density at radius 1 is 1.06 bits per heavy atom. The molecular formula is C25H28N2O6. The standard InChI is InChI=1S/C25H28N2O6/c1-25(14-28,23(30)31)27-22(29)21(12-15-10-11-15)26-24(32)33-13-20-18-8-4-2-6-16(18)17-7-3-5-9-19(17)20/h2-9,15,20-21,28H,10-14H2,1H3,(H,26,32)(H,27,29)(H,30,31)/t21-,25?/m0/s1. The van der Waals surface area contributed by atoms with E-state index in [9.17, 15) is 24.6 Å². The summed E-state index contributed by atoms with van der Waals surface area (Å²) in [6.07, 6.45) is 1.55. The molecule has 0 aliphatic heterocycles. The van der Waals surface area contributed by atoms with Gasteiger partial charge in [-0.2, -0.15) is 0 Å². The Labute approximate surface area is 192 Å². The lowest BCUT2D eigenvalue weighted by Gasteiger charge is -2.27. The second kappa shape index (κ2) is 9.23. The minimum absolute atomic E-state index is 0.108. The summed E-state index contributed by atoms with van der Waals surface area (Å²) in [6, 6.07) is 15.0. The van der Waals surface area contributed by atoms with Gasteiger partial charge in [0, 0.05) is 5.92 Å². The molecule has 4 rings (SSSR count). The molecule has 33 heavy (non-hydrogen) atoms. The zero-order valence-electron chi connectivity index (χ0n) is 18.4. The Balaban J connectivity index is 1.42. The molecular weight excluding hydrogens is 424 g/mol. The summed E-state index contributed by atoms with van der Waals surface area (Å²) < 4.78 is 5.53. The van der Waals surface area contributed by atoms with Gasteiger partial charge in [0.25, 0.3) is 0 Å². The zero-order valence-corrected chi connectivity index (χ0v) is 18.4. The number of aliphatic hydroxyl groups is 1. The molecule has 2 aromatic rings. The van der Waals surface area contributed by atoms with Crippen molar-refractivity contribution in [1.82, 2.24) is 10.6 Å². The minimum atomic E-state index is -1.83. The summed E-state index contributed by atoms with van der Waals surface area (Å²) in [5.74, 6) is -1.83. The van der Waals surface area contributed by atoms with E-state index in [0.717, 1.165) is 35.1 Å². The van der Waals surface area contributed by atoms with Crippen LogP contribution in [-0.2, 0) is 14.3 Å². The number of aliphatic hydroxyl groups excluding tert-OH is 1. The third kappa shape index (κ3) is 4.85.